The summed E-state index contributed by atoms with van der Waals surface area (Å²) >= 11 is 9.49. The number of sulfonamides is 1. The first-order valence-corrected chi connectivity index (χ1v) is 16.5. The molecule has 0 aliphatic rings. The summed E-state index contributed by atoms with van der Waals surface area (Å²) in [5.74, 6) is -0.194. The highest BCUT2D eigenvalue weighted by molar-refractivity contribution is 9.10. The van der Waals surface area contributed by atoms with Gasteiger partial charge in [0.2, 0.25) is 21.8 Å². The Bertz CT molecular complexity index is 1400. The summed E-state index contributed by atoms with van der Waals surface area (Å²) in [7, 11) is -3.59. The van der Waals surface area contributed by atoms with E-state index in [-0.39, 0.29) is 43.7 Å². The largest absolute Gasteiger partial charge is 0.354 e. The monoisotopic (exact) mass is 661 g/mol. The van der Waals surface area contributed by atoms with Gasteiger partial charge in [-0.15, -0.1) is 0 Å². The Hall–Kier alpha value is -2.88. The highest BCUT2D eigenvalue weighted by Gasteiger charge is 2.30. The highest BCUT2D eigenvalue weighted by atomic mass is 79.9. The van der Waals surface area contributed by atoms with E-state index in [1.807, 2.05) is 68.4 Å². The predicted octanol–water partition coefficient (Wildman–Crippen LogP) is 6.06. The fourth-order valence-corrected chi connectivity index (χ4v) is 5.96. The Balaban J connectivity index is 1.87. The molecule has 2 amide bonds. The van der Waals surface area contributed by atoms with Crippen molar-refractivity contribution in [2.24, 2.45) is 5.92 Å². The zero-order valence-corrected chi connectivity index (χ0v) is 26.8. The summed E-state index contributed by atoms with van der Waals surface area (Å²) in [6.45, 7) is 4.88. The molecule has 3 rings (SSSR count). The number of benzene rings is 3. The van der Waals surface area contributed by atoms with Crippen LogP contribution in [0, 0.1) is 5.92 Å². The molecule has 1 unspecified atom stereocenters. The third-order valence-corrected chi connectivity index (χ3v) is 8.40. The molecule has 0 aliphatic heterocycles. The lowest BCUT2D eigenvalue weighted by molar-refractivity contribution is -0.141. The third kappa shape index (κ3) is 10.5. The van der Waals surface area contributed by atoms with E-state index in [0.29, 0.717) is 23.7 Å². The molecule has 220 valence electrons. The van der Waals surface area contributed by atoms with Crippen molar-refractivity contribution in [3.8, 4) is 0 Å². The van der Waals surface area contributed by atoms with E-state index < -0.39 is 16.1 Å². The second-order valence-electron chi connectivity index (χ2n) is 10.4. The molecular formula is C31H37BrClN3O4S. The number of nitrogens with one attached hydrogen (secondary N) is 1. The van der Waals surface area contributed by atoms with Gasteiger partial charge in [0.15, 0.2) is 0 Å². The molecule has 0 spiro atoms. The average Bonchev–Trinajstić information content (AvgIpc) is 2.92. The third-order valence-electron chi connectivity index (χ3n) is 6.46. The Labute approximate surface area is 257 Å². The van der Waals surface area contributed by atoms with Gasteiger partial charge >= 0.3 is 0 Å². The number of rotatable bonds is 14. The maximum Gasteiger partial charge on any atom is 0.243 e. The number of carbonyl (C=O) groups excluding carboxylic acids is 2. The second kappa shape index (κ2) is 15.4. The summed E-state index contributed by atoms with van der Waals surface area (Å²) in [5.41, 5.74) is 2.29. The zero-order chi connectivity index (χ0) is 30.0. The lowest BCUT2D eigenvalue weighted by Gasteiger charge is -2.32. The van der Waals surface area contributed by atoms with Crippen molar-refractivity contribution in [2.75, 3.05) is 23.7 Å². The van der Waals surface area contributed by atoms with E-state index >= 15 is 0 Å². The molecule has 3 aromatic carbocycles. The fourth-order valence-electron chi connectivity index (χ4n) is 4.42. The highest BCUT2D eigenvalue weighted by Crippen LogP contribution is 2.22. The number of nitrogens with zero attached hydrogens (tertiary/aromatic N) is 2. The van der Waals surface area contributed by atoms with E-state index in [1.54, 1.807) is 29.2 Å². The Morgan fingerprint density at radius 2 is 1.61 bits per heavy atom. The van der Waals surface area contributed by atoms with Crippen LogP contribution in [0.1, 0.15) is 37.8 Å². The fraction of sp³-hybridized carbons (Fsp3) is 0.355. The normalized spacial score (nSPS) is 12.1. The summed E-state index contributed by atoms with van der Waals surface area (Å²) in [6.07, 6.45) is 1.83. The van der Waals surface area contributed by atoms with Gasteiger partial charge in [-0.2, -0.15) is 0 Å². The van der Waals surface area contributed by atoms with Gasteiger partial charge in [0.05, 0.1) is 11.9 Å². The maximum absolute atomic E-state index is 13.9. The van der Waals surface area contributed by atoms with Crippen molar-refractivity contribution in [1.82, 2.24) is 10.2 Å². The Morgan fingerprint density at radius 1 is 0.951 bits per heavy atom. The first-order valence-electron chi connectivity index (χ1n) is 13.5. The number of anilines is 1. The number of hydrogen-bond acceptors (Lipinski definition) is 4. The van der Waals surface area contributed by atoms with Crippen molar-refractivity contribution in [3.05, 3.63) is 99.5 Å². The molecule has 0 saturated carbocycles. The standard InChI is InChI=1S/C31H37BrClN3O4S/c1-23(2)21-34-31(38)29(20-24-9-5-4-6-10-24)35(22-25-11-7-12-26(32)19-25)30(37)13-8-18-36(41(3,39)40)28-16-14-27(33)15-17-28/h4-7,9-12,14-17,19,23,29H,8,13,18,20-22H2,1-3H3,(H,34,38). The number of hydrogen-bond donors (Lipinski definition) is 1. The van der Waals surface area contributed by atoms with Crippen molar-refractivity contribution in [2.45, 2.75) is 45.7 Å². The molecule has 10 heteroatoms. The summed E-state index contributed by atoms with van der Waals surface area (Å²) in [5, 5.41) is 3.52. The van der Waals surface area contributed by atoms with Crippen LogP contribution in [0.4, 0.5) is 5.69 Å². The molecule has 41 heavy (non-hydrogen) atoms. The smallest absolute Gasteiger partial charge is 0.243 e. The van der Waals surface area contributed by atoms with Crippen LogP contribution in [0.2, 0.25) is 5.02 Å². The van der Waals surface area contributed by atoms with Gasteiger partial charge in [0.1, 0.15) is 6.04 Å². The predicted molar refractivity (Wildman–Crippen MR) is 169 cm³/mol. The van der Waals surface area contributed by atoms with Gasteiger partial charge in [0.25, 0.3) is 0 Å². The molecule has 0 heterocycles. The lowest BCUT2D eigenvalue weighted by Crippen LogP contribution is -2.51. The molecule has 1 atom stereocenters. The SMILES string of the molecule is CC(C)CNC(=O)C(Cc1ccccc1)N(Cc1cccc(Br)c1)C(=O)CCCN(c1ccc(Cl)cc1)S(C)(=O)=O. The van der Waals surface area contributed by atoms with E-state index in [9.17, 15) is 18.0 Å². The van der Waals surface area contributed by atoms with Crippen molar-refractivity contribution in [3.63, 3.8) is 0 Å². The van der Waals surface area contributed by atoms with Crippen LogP contribution in [-0.4, -0.2) is 50.5 Å². The van der Waals surface area contributed by atoms with Crippen molar-refractivity contribution in [1.29, 1.82) is 0 Å². The van der Waals surface area contributed by atoms with Crippen LogP contribution in [0.15, 0.2) is 83.3 Å². The van der Waals surface area contributed by atoms with Crippen LogP contribution in [0.5, 0.6) is 0 Å². The molecule has 0 saturated heterocycles. The van der Waals surface area contributed by atoms with Crippen LogP contribution < -0.4 is 9.62 Å². The minimum absolute atomic E-state index is 0.0658. The molecule has 0 bridgehead atoms. The van der Waals surface area contributed by atoms with Crippen LogP contribution >= 0.6 is 27.5 Å². The topological polar surface area (TPSA) is 86.8 Å². The number of amides is 2. The van der Waals surface area contributed by atoms with E-state index in [4.69, 9.17) is 11.6 Å². The average molecular weight is 663 g/mol. The molecule has 0 fully saturated rings. The minimum atomic E-state index is -3.59. The van der Waals surface area contributed by atoms with Crippen LogP contribution in [-0.2, 0) is 32.6 Å². The van der Waals surface area contributed by atoms with Crippen LogP contribution in [0.3, 0.4) is 0 Å². The van der Waals surface area contributed by atoms with Crippen LogP contribution in [0.25, 0.3) is 0 Å². The maximum atomic E-state index is 13.9. The number of carbonyl (C=O) groups is 2. The van der Waals surface area contributed by atoms with Gasteiger partial charge in [0, 0.05) is 42.0 Å². The molecular weight excluding hydrogens is 626 g/mol. The molecule has 0 aromatic heterocycles. The molecule has 0 aliphatic carbocycles. The number of halogens is 2. The summed E-state index contributed by atoms with van der Waals surface area (Å²) < 4.78 is 27.3. The van der Waals surface area contributed by atoms with Gasteiger partial charge in [-0.05, 0) is 59.9 Å². The molecule has 7 nitrogen and oxygen atoms in total. The molecule has 1 N–H and O–H groups in total. The Kier molecular flexibility index (Phi) is 12.2. The molecule has 3 aromatic rings. The van der Waals surface area contributed by atoms with E-state index in [1.165, 1.54) is 4.31 Å². The lowest BCUT2D eigenvalue weighted by atomic mass is 10.0. The van der Waals surface area contributed by atoms with Gasteiger partial charge in [-0.1, -0.05) is 83.8 Å². The van der Waals surface area contributed by atoms with Gasteiger partial charge < -0.3 is 10.2 Å². The summed E-state index contributed by atoms with van der Waals surface area (Å²) in [4.78, 5) is 29.1. The van der Waals surface area contributed by atoms with E-state index in [2.05, 4.69) is 21.2 Å². The van der Waals surface area contributed by atoms with Gasteiger partial charge in [-0.3, -0.25) is 13.9 Å². The first kappa shape index (κ1) is 32.6. The Morgan fingerprint density at radius 3 is 2.22 bits per heavy atom. The minimum Gasteiger partial charge on any atom is -0.354 e. The zero-order valence-electron chi connectivity index (χ0n) is 23.6. The second-order valence-corrected chi connectivity index (χ2v) is 13.7. The first-order chi connectivity index (χ1) is 19.4. The quantitative estimate of drug-likeness (QED) is 0.227. The summed E-state index contributed by atoms with van der Waals surface area (Å²) in [6, 6.07) is 23.1. The van der Waals surface area contributed by atoms with Crippen molar-refractivity contribution >= 4 is 55.1 Å². The van der Waals surface area contributed by atoms with Gasteiger partial charge in [-0.25, -0.2) is 8.42 Å². The van der Waals surface area contributed by atoms with Crippen molar-refractivity contribution < 1.29 is 18.0 Å². The van der Waals surface area contributed by atoms with E-state index in [0.717, 1.165) is 21.9 Å². The molecule has 0 radical (unpaired) electrons.